The molecule has 1 amide bonds. The maximum atomic E-state index is 12.9. The predicted molar refractivity (Wildman–Crippen MR) is 144 cm³/mol. The number of amides is 1. The first-order valence-corrected chi connectivity index (χ1v) is 13.0. The molecule has 1 aliphatic rings. The molecule has 1 fully saturated rings. The van der Waals surface area contributed by atoms with Crippen LogP contribution in [0.5, 0.6) is 0 Å². The molecule has 0 bridgehead atoms. The number of hydrogen-bond donors (Lipinski definition) is 2. The predicted octanol–water partition coefficient (Wildman–Crippen LogP) is 4.44. The van der Waals surface area contributed by atoms with Gasteiger partial charge in [-0.2, -0.15) is 0 Å². The van der Waals surface area contributed by atoms with Crippen molar-refractivity contribution in [2.24, 2.45) is 0 Å². The Labute approximate surface area is 223 Å². The molecular weight excluding hydrogens is 520 g/mol. The van der Waals surface area contributed by atoms with Gasteiger partial charge in [0, 0.05) is 24.7 Å². The minimum absolute atomic E-state index is 0.0526. The topological polar surface area (TPSA) is 140 Å². The molecule has 0 spiro atoms. The second kappa shape index (κ2) is 12.6. The number of hydrogen-bond acceptors (Lipinski definition) is 10. The standard InChI is InChI=1S/C24H28N4O7S2/c1-4-34-22(30)18-14(3)19(23(31)35-5-2)37-21(18)26-24(36)25-20(29)15-9-10-16(17(13-15)28(32)33)27-11-7-6-8-12-27/h9-10,13H,4-8,11-12H2,1-3H3,(H2,25,26,29,36). The second-order valence-corrected chi connectivity index (χ2v) is 9.55. The van der Waals surface area contributed by atoms with E-state index < -0.39 is 22.8 Å². The molecule has 1 aromatic carbocycles. The molecule has 37 heavy (non-hydrogen) atoms. The lowest BCUT2D eigenvalue weighted by molar-refractivity contribution is -0.384. The van der Waals surface area contributed by atoms with Crippen LogP contribution in [0, 0.1) is 17.0 Å². The van der Waals surface area contributed by atoms with Crippen LogP contribution in [0.3, 0.4) is 0 Å². The van der Waals surface area contributed by atoms with E-state index in [2.05, 4.69) is 10.6 Å². The van der Waals surface area contributed by atoms with Gasteiger partial charge in [0.1, 0.15) is 15.6 Å². The van der Waals surface area contributed by atoms with Crippen LogP contribution in [0.1, 0.15) is 69.1 Å². The number of anilines is 2. The highest BCUT2D eigenvalue weighted by Gasteiger charge is 2.28. The van der Waals surface area contributed by atoms with Gasteiger partial charge in [-0.1, -0.05) is 0 Å². The highest BCUT2D eigenvalue weighted by molar-refractivity contribution is 7.80. The summed E-state index contributed by atoms with van der Waals surface area (Å²) in [6.07, 6.45) is 2.98. The lowest BCUT2D eigenvalue weighted by Gasteiger charge is -2.28. The van der Waals surface area contributed by atoms with Crippen molar-refractivity contribution in [2.75, 3.05) is 36.5 Å². The minimum atomic E-state index is -0.664. The van der Waals surface area contributed by atoms with Gasteiger partial charge in [-0.15, -0.1) is 11.3 Å². The molecule has 1 saturated heterocycles. The number of thiophene rings is 1. The number of benzene rings is 1. The molecule has 0 aliphatic carbocycles. The number of carbonyl (C=O) groups is 3. The van der Waals surface area contributed by atoms with Gasteiger partial charge in [-0.25, -0.2) is 9.59 Å². The van der Waals surface area contributed by atoms with Gasteiger partial charge in [0.25, 0.3) is 11.6 Å². The lowest BCUT2D eigenvalue weighted by atomic mass is 10.1. The maximum Gasteiger partial charge on any atom is 0.348 e. The number of nitrogens with one attached hydrogen (secondary N) is 2. The first kappa shape index (κ1) is 28.0. The Morgan fingerprint density at radius 3 is 2.38 bits per heavy atom. The summed E-state index contributed by atoms with van der Waals surface area (Å²) in [6, 6.07) is 4.30. The van der Waals surface area contributed by atoms with Gasteiger partial charge >= 0.3 is 11.9 Å². The average molecular weight is 549 g/mol. The van der Waals surface area contributed by atoms with Crippen molar-refractivity contribution in [2.45, 2.75) is 40.0 Å². The Hall–Kier alpha value is -3.58. The molecule has 198 valence electrons. The molecule has 0 saturated carbocycles. The zero-order chi connectivity index (χ0) is 27.1. The van der Waals surface area contributed by atoms with E-state index in [0.29, 0.717) is 11.3 Å². The Balaban J connectivity index is 1.81. The van der Waals surface area contributed by atoms with E-state index >= 15 is 0 Å². The third kappa shape index (κ3) is 6.60. The summed E-state index contributed by atoms with van der Waals surface area (Å²) < 4.78 is 10.2. The molecule has 2 heterocycles. The fourth-order valence-corrected chi connectivity index (χ4v) is 5.32. The van der Waals surface area contributed by atoms with Crippen molar-refractivity contribution in [1.82, 2.24) is 5.32 Å². The van der Waals surface area contributed by atoms with Crippen LogP contribution < -0.4 is 15.5 Å². The number of thiocarbonyl (C=S) groups is 1. The monoisotopic (exact) mass is 548 g/mol. The van der Waals surface area contributed by atoms with E-state index in [9.17, 15) is 24.5 Å². The van der Waals surface area contributed by atoms with E-state index in [4.69, 9.17) is 21.7 Å². The number of piperidine rings is 1. The van der Waals surface area contributed by atoms with Gasteiger partial charge in [-0.3, -0.25) is 20.2 Å². The maximum absolute atomic E-state index is 12.9. The van der Waals surface area contributed by atoms with Crippen LogP contribution in [0.2, 0.25) is 0 Å². The Morgan fingerprint density at radius 2 is 1.76 bits per heavy atom. The Kier molecular flexibility index (Phi) is 9.53. The van der Waals surface area contributed by atoms with Crippen LogP contribution in [0.25, 0.3) is 0 Å². The third-order valence-electron chi connectivity index (χ3n) is 5.67. The Morgan fingerprint density at radius 1 is 1.11 bits per heavy atom. The molecule has 0 atom stereocenters. The third-order valence-corrected chi connectivity index (χ3v) is 7.06. The van der Waals surface area contributed by atoms with Gasteiger partial charge in [0.2, 0.25) is 0 Å². The molecule has 11 nitrogen and oxygen atoms in total. The minimum Gasteiger partial charge on any atom is -0.462 e. The average Bonchev–Trinajstić information content (AvgIpc) is 3.19. The van der Waals surface area contributed by atoms with E-state index in [1.807, 2.05) is 4.90 Å². The summed E-state index contributed by atoms with van der Waals surface area (Å²) in [4.78, 5) is 51.1. The fourth-order valence-electron chi connectivity index (χ4n) is 3.96. The van der Waals surface area contributed by atoms with Crippen molar-refractivity contribution < 1.29 is 28.8 Å². The first-order chi connectivity index (χ1) is 17.7. The number of ether oxygens (including phenoxy) is 2. The number of rotatable bonds is 8. The van der Waals surface area contributed by atoms with E-state index in [1.165, 1.54) is 12.1 Å². The fraction of sp³-hybridized carbons (Fsp3) is 0.417. The summed E-state index contributed by atoms with van der Waals surface area (Å²) in [5.74, 6) is -1.92. The number of nitro benzene ring substituents is 1. The van der Waals surface area contributed by atoms with Gasteiger partial charge in [0.05, 0.1) is 23.7 Å². The van der Waals surface area contributed by atoms with Crippen molar-refractivity contribution in [3.8, 4) is 0 Å². The van der Waals surface area contributed by atoms with Crippen molar-refractivity contribution in [3.63, 3.8) is 0 Å². The quantitative estimate of drug-likeness (QED) is 0.211. The molecule has 1 aromatic heterocycles. The number of nitrogens with zero attached hydrogens (tertiary/aromatic N) is 2. The second-order valence-electron chi connectivity index (χ2n) is 8.12. The molecule has 2 aromatic rings. The largest absolute Gasteiger partial charge is 0.462 e. The van der Waals surface area contributed by atoms with Gasteiger partial charge < -0.3 is 19.7 Å². The summed E-state index contributed by atoms with van der Waals surface area (Å²) in [5.41, 5.74) is 0.833. The van der Waals surface area contributed by atoms with E-state index in [-0.39, 0.29) is 45.0 Å². The molecule has 3 rings (SSSR count). The number of esters is 2. The molecule has 0 unspecified atom stereocenters. The normalized spacial score (nSPS) is 13.0. The van der Waals surface area contributed by atoms with Gasteiger partial charge in [0.15, 0.2) is 5.11 Å². The molecule has 0 radical (unpaired) electrons. The van der Waals surface area contributed by atoms with Gasteiger partial charge in [-0.05, 0) is 69.9 Å². The SMILES string of the molecule is CCOC(=O)c1sc(NC(=S)NC(=O)c2ccc(N3CCCCC3)c([N+](=O)[O-])c2)c(C(=O)OCC)c1C. The first-order valence-electron chi connectivity index (χ1n) is 11.8. The molecular formula is C24H28N4O7S2. The van der Waals surface area contributed by atoms with Crippen molar-refractivity contribution in [1.29, 1.82) is 0 Å². The summed E-state index contributed by atoms with van der Waals surface area (Å²) in [6.45, 7) is 6.62. The highest BCUT2D eigenvalue weighted by Crippen LogP contribution is 2.35. The van der Waals surface area contributed by atoms with E-state index in [1.54, 1.807) is 26.8 Å². The van der Waals surface area contributed by atoms with Crippen LogP contribution in [-0.2, 0) is 9.47 Å². The zero-order valence-corrected chi connectivity index (χ0v) is 22.4. The Bertz CT molecular complexity index is 1220. The zero-order valence-electron chi connectivity index (χ0n) is 20.8. The van der Waals surface area contributed by atoms with Crippen LogP contribution in [0.4, 0.5) is 16.4 Å². The molecule has 1 aliphatic heterocycles. The van der Waals surface area contributed by atoms with Crippen LogP contribution >= 0.6 is 23.6 Å². The highest BCUT2D eigenvalue weighted by atomic mass is 32.1. The van der Waals surface area contributed by atoms with Crippen molar-refractivity contribution in [3.05, 3.63) is 49.9 Å². The smallest absolute Gasteiger partial charge is 0.348 e. The molecule has 13 heteroatoms. The van der Waals surface area contributed by atoms with Crippen LogP contribution in [0.15, 0.2) is 18.2 Å². The summed E-state index contributed by atoms with van der Waals surface area (Å²) >= 11 is 6.20. The summed E-state index contributed by atoms with van der Waals surface area (Å²) in [7, 11) is 0. The van der Waals surface area contributed by atoms with Crippen molar-refractivity contribution >= 4 is 62.9 Å². The molecule has 2 N–H and O–H groups in total. The van der Waals surface area contributed by atoms with E-state index in [0.717, 1.165) is 43.7 Å². The number of nitro groups is 1. The number of carbonyl (C=O) groups excluding carboxylic acids is 3. The summed E-state index contributed by atoms with van der Waals surface area (Å²) in [5, 5.41) is 17.0. The van der Waals surface area contributed by atoms with Crippen LogP contribution in [-0.4, -0.2) is 54.2 Å². The lowest BCUT2D eigenvalue weighted by Crippen LogP contribution is -2.34.